The molecule has 7 rings (SSSR count). The minimum Gasteiger partial charge on any atom is -0.493 e. The van der Waals surface area contributed by atoms with Crippen LogP contribution in [-0.4, -0.2) is 124 Å². The third-order valence-electron chi connectivity index (χ3n) is 12.8. The van der Waals surface area contributed by atoms with Crippen LogP contribution in [0.15, 0.2) is 106 Å². The number of hydrogen-bond acceptors (Lipinski definition) is 26. The van der Waals surface area contributed by atoms with Crippen LogP contribution in [0.1, 0.15) is 90.0 Å². The second kappa shape index (κ2) is 26.4. The van der Waals surface area contributed by atoms with E-state index < -0.39 is 193 Å². The van der Waals surface area contributed by atoms with Crippen LogP contribution in [0, 0.1) is 50.0 Å². The van der Waals surface area contributed by atoms with Crippen LogP contribution in [0.2, 0.25) is 0 Å². The van der Waals surface area contributed by atoms with E-state index in [1.54, 1.807) is 12.1 Å². The second-order valence-corrected chi connectivity index (χ2v) is 18.2. The number of benzene rings is 3. The Kier molecular flexibility index (Phi) is 18.7. The third kappa shape index (κ3) is 13.1. The summed E-state index contributed by atoms with van der Waals surface area (Å²) in [6.45, 7) is 13.1. The van der Waals surface area contributed by atoms with E-state index in [0.717, 1.165) is 54.6 Å². The molecule has 12 N–H and O–H groups in total. The van der Waals surface area contributed by atoms with Gasteiger partial charge in [0.05, 0.1) is 40.0 Å². The number of carboxylic acids is 6. The summed E-state index contributed by atoms with van der Waals surface area (Å²) in [6.07, 6.45) is 0. The molecule has 0 atom stereocenters. The minimum absolute atomic E-state index is 0.220. The van der Waals surface area contributed by atoms with Crippen molar-refractivity contribution in [2.75, 3.05) is 29.0 Å². The standard InChI is InChI=1S/C54H40N18O18/c1-21-31(19-55)40(73)70(42(75)37(21)67-64-33-16-25(46(79)80)6-9-28(33)49(85)86)14-12-58-52-61-53(59-13-15-71-41(74)32(20-56)22(2)38(43(71)76)68-65-34-17-26(47(81)82)7-10-29(34)50(87)88)63-54(62-52)60-24(4)72-44(77)36(57-5)23(3)39(45(72)78)69-66-35-18-27(48(83)84)8-11-30(35)51(89)90/h6-11,16-18,75-76,78H,4,12-15H2,1-3H3,(H,79,80)(H,81,82)(H,83,84)(H,85,86)(H,87,88)(H,89,90)(H3,58,59,60,61,62,63). The zero-order valence-corrected chi connectivity index (χ0v) is 46.1. The quantitative estimate of drug-likeness (QED) is 0.0229. The van der Waals surface area contributed by atoms with Crippen molar-refractivity contribution in [1.82, 2.24) is 28.7 Å². The van der Waals surface area contributed by atoms with Gasteiger partial charge in [0.25, 0.3) is 22.4 Å². The molecule has 0 radical (unpaired) electrons. The molecular weight excluding hydrogens is 1190 g/mol. The lowest BCUT2D eigenvalue weighted by Gasteiger charge is -2.17. The van der Waals surface area contributed by atoms with Crippen molar-refractivity contribution in [1.29, 1.82) is 10.5 Å². The zero-order valence-electron chi connectivity index (χ0n) is 46.1. The summed E-state index contributed by atoms with van der Waals surface area (Å²) in [5.74, 6) is -14.0. The average Bonchev–Trinajstić information content (AvgIpc) is 0.834. The van der Waals surface area contributed by atoms with Crippen LogP contribution in [0.4, 0.5) is 57.7 Å². The van der Waals surface area contributed by atoms with Gasteiger partial charge in [-0.15, -0.1) is 30.7 Å². The maximum Gasteiger partial charge on any atom is 0.337 e. The average molecular weight is 1230 g/mol. The summed E-state index contributed by atoms with van der Waals surface area (Å²) >= 11 is 0. The Balaban J connectivity index is 1.28. The topological polar surface area (TPSA) is 551 Å². The van der Waals surface area contributed by atoms with Gasteiger partial charge in [0.1, 0.15) is 51.8 Å². The lowest BCUT2D eigenvalue weighted by atomic mass is 10.1. The fraction of sp³-hybridized carbons (Fsp3) is 0.130. The van der Waals surface area contributed by atoms with Crippen LogP contribution in [-0.2, 0) is 13.1 Å². The highest BCUT2D eigenvalue weighted by Crippen LogP contribution is 2.39. The van der Waals surface area contributed by atoms with Gasteiger partial charge in [0.15, 0.2) is 11.4 Å². The molecule has 4 aromatic heterocycles. The molecule has 0 saturated heterocycles. The van der Waals surface area contributed by atoms with Crippen molar-refractivity contribution >= 4 is 99.3 Å². The fourth-order valence-electron chi connectivity index (χ4n) is 8.21. The van der Waals surface area contributed by atoms with Gasteiger partial charge >= 0.3 is 35.8 Å². The molecule has 0 saturated carbocycles. The predicted octanol–water partition coefficient (Wildman–Crippen LogP) is 6.89. The normalized spacial score (nSPS) is 11.0. The highest BCUT2D eigenvalue weighted by Gasteiger charge is 2.26. The largest absolute Gasteiger partial charge is 0.493 e. The molecule has 36 heteroatoms. The summed E-state index contributed by atoms with van der Waals surface area (Å²) in [4.78, 5) is 128. The Morgan fingerprint density at radius 1 is 0.533 bits per heavy atom. The van der Waals surface area contributed by atoms with Gasteiger partial charge in [-0.2, -0.15) is 25.5 Å². The molecule has 0 aliphatic heterocycles. The molecule has 3 aromatic carbocycles. The Morgan fingerprint density at radius 3 is 1.20 bits per heavy atom. The number of aromatic hydroxyl groups is 3. The van der Waals surface area contributed by atoms with Gasteiger partial charge in [-0.3, -0.25) is 23.5 Å². The van der Waals surface area contributed by atoms with E-state index in [2.05, 4.69) is 73.0 Å². The number of hydrogen-bond donors (Lipinski definition) is 12. The van der Waals surface area contributed by atoms with E-state index in [-0.39, 0.29) is 27.8 Å². The van der Waals surface area contributed by atoms with E-state index in [4.69, 9.17) is 6.57 Å². The first kappa shape index (κ1) is 63.7. The molecule has 7 aromatic rings. The zero-order chi connectivity index (χ0) is 66.2. The van der Waals surface area contributed by atoms with Crippen LogP contribution < -0.4 is 32.6 Å². The fourth-order valence-corrected chi connectivity index (χ4v) is 8.21. The Morgan fingerprint density at radius 2 is 0.878 bits per heavy atom. The number of nitriles is 2. The second-order valence-electron chi connectivity index (χ2n) is 18.2. The number of pyridine rings is 3. The van der Waals surface area contributed by atoms with Crippen molar-refractivity contribution in [3.63, 3.8) is 0 Å². The van der Waals surface area contributed by atoms with Crippen molar-refractivity contribution in [2.24, 2.45) is 30.7 Å². The molecular formula is C54H40N18O18. The number of rotatable bonds is 23. The molecule has 90 heavy (non-hydrogen) atoms. The molecule has 0 aliphatic carbocycles. The highest BCUT2D eigenvalue weighted by atomic mass is 16.4. The number of nitrogens with one attached hydrogen (secondary N) is 3. The molecule has 0 spiro atoms. The predicted molar refractivity (Wildman–Crippen MR) is 306 cm³/mol. The molecule has 0 aliphatic rings. The number of aromatic carboxylic acids is 6. The summed E-state index contributed by atoms with van der Waals surface area (Å²) in [6, 6.07) is 11.8. The number of anilines is 3. The van der Waals surface area contributed by atoms with E-state index >= 15 is 0 Å². The van der Waals surface area contributed by atoms with Gasteiger partial charge < -0.3 is 61.9 Å². The van der Waals surface area contributed by atoms with E-state index in [1.165, 1.54) is 20.8 Å². The van der Waals surface area contributed by atoms with Crippen LogP contribution >= 0.6 is 0 Å². The Bertz CT molecular complexity index is 4520. The minimum atomic E-state index is -1.55. The van der Waals surface area contributed by atoms with Gasteiger partial charge in [-0.1, -0.05) is 6.58 Å². The van der Waals surface area contributed by atoms with Crippen LogP contribution in [0.3, 0.4) is 0 Å². The number of nitrogens with zero attached hydrogens (tertiary/aromatic N) is 15. The first-order valence-electron chi connectivity index (χ1n) is 25.0. The molecule has 36 nitrogen and oxygen atoms in total. The molecule has 0 bridgehead atoms. The SMILES string of the molecule is [C-]#[N+]c1c(C)c(N=Nc2cc(C(=O)O)ccc2C(=O)O)c(O)n(C(=C)Nc2nc(NCCn3c(O)c(N=Nc4cc(C(=O)O)ccc4C(=O)O)c(C)c(C#N)c3=O)nc(NCCn3c(O)c(N=Nc4cc(C(=O)O)ccc4C(=O)O)c(C)c(C#N)c3=O)n2)c1=O. The van der Waals surface area contributed by atoms with Crippen molar-refractivity contribution in [3.8, 4) is 29.8 Å². The Hall–Kier alpha value is -13.9. The van der Waals surface area contributed by atoms with Gasteiger partial charge in [0, 0.05) is 37.3 Å². The first-order chi connectivity index (χ1) is 42.6. The number of carbonyl (C=O) groups is 6. The van der Waals surface area contributed by atoms with Crippen molar-refractivity contribution in [2.45, 2.75) is 33.9 Å². The van der Waals surface area contributed by atoms with Crippen molar-refractivity contribution < 1.29 is 74.7 Å². The lowest BCUT2D eigenvalue weighted by molar-refractivity contribution is 0.0682. The summed E-state index contributed by atoms with van der Waals surface area (Å²) < 4.78 is 1.70. The molecule has 454 valence electrons. The van der Waals surface area contributed by atoms with Gasteiger partial charge in [0.2, 0.25) is 35.5 Å². The maximum absolute atomic E-state index is 13.9. The molecule has 0 amide bonds. The van der Waals surface area contributed by atoms with Crippen LogP contribution in [0.5, 0.6) is 17.6 Å². The Labute approximate surface area is 500 Å². The number of azo groups is 3. The van der Waals surface area contributed by atoms with Crippen LogP contribution in [0.25, 0.3) is 10.7 Å². The summed E-state index contributed by atoms with van der Waals surface area (Å²) in [7, 11) is 0. The first-order valence-corrected chi connectivity index (χ1v) is 25.0. The third-order valence-corrected chi connectivity index (χ3v) is 12.8. The number of aromatic nitrogens is 6. The van der Waals surface area contributed by atoms with Crippen molar-refractivity contribution in [3.05, 3.63) is 165 Å². The van der Waals surface area contributed by atoms with Gasteiger partial charge in [-0.05, 0) is 80.9 Å². The molecule has 4 heterocycles. The van der Waals surface area contributed by atoms with Gasteiger partial charge in [-0.25, -0.2) is 38.2 Å². The highest BCUT2D eigenvalue weighted by molar-refractivity contribution is 5.98. The van der Waals surface area contributed by atoms with E-state index in [9.17, 15) is 99.6 Å². The summed E-state index contributed by atoms with van der Waals surface area (Å²) in [5.41, 5.74) is -11.8. The smallest absolute Gasteiger partial charge is 0.337 e. The summed E-state index contributed by atoms with van der Waals surface area (Å²) in [5, 5.41) is 143. The molecule has 0 fully saturated rings. The van der Waals surface area contributed by atoms with E-state index in [0.29, 0.717) is 13.7 Å². The lowest BCUT2D eigenvalue weighted by Crippen LogP contribution is -2.28. The monoisotopic (exact) mass is 1230 g/mol. The van der Waals surface area contributed by atoms with E-state index in [1.807, 2.05) is 0 Å². The number of carboxylic acid groups (broad SMARTS) is 6. The molecule has 0 unspecified atom stereocenters. The maximum atomic E-state index is 13.9.